The van der Waals surface area contributed by atoms with E-state index in [-0.39, 0.29) is 5.56 Å². The van der Waals surface area contributed by atoms with Crippen LogP contribution < -0.4 is 5.32 Å². The second-order valence-electron chi connectivity index (χ2n) is 3.38. The number of amides is 1. The SMILES string of the molecule is CSc1cc(C(=O)NC(C)C(=O)O)ccc1F. The fraction of sp³-hybridized carbons (Fsp3) is 0.273. The van der Waals surface area contributed by atoms with Gasteiger partial charge in [-0.1, -0.05) is 0 Å². The third-order valence-corrected chi connectivity index (χ3v) is 2.88. The standard InChI is InChI=1S/C11H12FNO3S/c1-6(11(15)16)13-10(14)7-3-4-8(12)9(5-7)17-2/h3-6H,1-2H3,(H,13,14)(H,15,16). The third-order valence-electron chi connectivity index (χ3n) is 2.13. The van der Waals surface area contributed by atoms with E-state index < -0.39 is 23.7 Å². The molecule has 0 saturated heterocycles. The maximum Gasteiger partial charge on any atom is 0.325 e. The van der Waals surface area contributed by atoms with Gasteiger partial charge in [-0.25, -0.2) is 4.39 Å². The number of halogens is 1. The molecule has 0 aliphatic carbocycles. The molecular weight excluding hydrogens is 245 g/mol. The maximum absolute atomic E-state index is 13.2. The van der Waals surface area contributed by atoms with Gasteiger partial charge in [0.25, 0.3) is 5.91 Å². The molecule has 92 valence electrons. The first kappa shape index (κ1) is 13.5. The van der Waals surface area contributed by atoms with Crippen molar-refractivity contribution < 1.29 is 19.1 Å². The number of hydrogen-bond donors (Lipinski definition) is 2. The molecule has 0 aliphatic rings. The number of carboxylic acids is 1. The zero-order valence-electron chi connectivity index (χ0n) is 9.36. The molecule has 1 atom stereocenters. The van der Waals surface area contributed by atoms with Gasteiger partial charge in [-0.15, -0.1) is 11.8 Å². The average Bonchev–Trinajstić information content (AvgIpc) is 2.29. The zero-order chi connectivity index (χ0) is 13.0. The summed E-state index contributed by atoms with van der Waals surface area (Å²) < 4.78 is 13.2. The summed E-state index contributed by atoms with van der Waals surface area (Å²) in [6.07, 6.45) is 1.69. The van der Waals surface area contributed by atoms with Crippen LogP contribution in [0.2, 0.25) is 0 Å². The van der Waals surface area contributed by atoms with Gasteiger partial charge in [-0.05, 0) is 31.4 Å². The maximum atomic E-state index is 13.2. The Morgan fingerprint density at radius 1 is 1.47 bits per heavy atom. The quantitative estimate of drug-likeness (QED) is 0.806. The normalized spacial score (nSPS) is 11.9. The Morgan fingerprint density at radius 2 is 2.12 bits per heavy atom. The van der Waals surface area contributed by atoms with Gasteiger partial charge in [0.15, 0.2) is 0 Å². The van der Waals surface area contributed by atoms with E-state index in [9.17, 15) is 14.0 Å². The number of carbonyl (C=O) groups excluding carboxylic acids is 1. The number of benzene rings is 1. The number of carbonyl (C=O) groups is 2. The minimum Gasteiger partial charge on any atom is -0.480 e. The molecular formula is C11H12FNO3S. The molecule has 1 amide bonds. The summed E-state index contributed by atoms with van der Waals surface area (Å²) in [4.78, 5) is 22.5. The van der Waals surface area contributed by atoms with Crippen molar-refractivity contribution in [1.82, 2.24) is 5.32 Å². The lowest BCUT2D eigenvalue weighted by Crippen LogP contribution is -2.38. The number of rotatable bonds is 4. The summed E-state index contributed by atoms with van der Waals surface area (Å²) in [5, 5.41) is 10.9. The summed E-state index contributed by atoms with van der Waals surface area (Å²) in [6, 6.07) is 2.92. The number of hydrogen-bond acceptors (Lipinski definition) is 3. The van der Waals surface area contributed by atoms with Gasteiger partial charge in [-0.2, -0.15) is 0 Å². The van der Waals surface area contributed by atoms with E-state index in [0.717, 1.165) is 0 Å². The summed E-state index contributed by atoms with van der Waals surface area (Å²) in [5.74, 6) is -2.05. The van der Waals surface area contributed by atoms with E-state index in [1.165, 1.54) is 36.9 Å². The van der Waals surface area contributed by atoms with Gasteiger partial charge in [0.1, 0.15) is 11.9 Å². The van der Waals surface area contributed by atoms with Crippen molar-refractivity contribution in [1.29, 1.82) is 0 Å². The lowest BCUT2D eigenvalue weighted by atomic mass is 10.2. The van der Waals surface area contributed by atoms with Crippen LogP contribution in [0.25, 0.3) is 0 Å². The molecule has 1 aromatic carbocycles. The molecule has 2 N–H and O–H groups in total. The van der Waals surface area contributed by atoms with Crippen molar-refractivity contribution in [2.45, 2.75) is 17.9 Å². The van der Waals surface area contributed by atoms with E-state index in [1.54, 1.807) is 6.26 Å². The summed E-state index contributed by atoms with van der Waals surface area (Å²) in [7, 11) is 0. The first-order valence-corrected chi connectivity index (χ1v) is 6.05. The monoisotopic (exact) mass is 257 g/mol. The smallest absolute Gasteiger partial charge is 0.325 e. The second-order valence-corrected chi connectivity index (χ2v) is 4.23. The fourth-order valence-corrected chi connectivity index (χ4v) is 1.65. The lowest BCUT2D eigenvalue weighted by Gasteiger charge is -2.10. The van der Waals surface area contributed by atoms with Crippen LogP contribution in [0.4, 0.5) is 4.39 Å². The van der Waals surface area contributed by atoms with Crippen LogP contribution in [-0.2, 0) is 4.79 Å². The van der Waals surface area contributed by atoms with E-state index in [0.29, 0.717) is 4.90 Å². The van der Waals surface area contributed by atoms with Gasteiger partial charge in [0.05, 0.1) is 0 Å². The highest BCUT2D eigenvalue weighted by Gasteiger charge is 2.16. The Morgan fingerprint density at radius 3 is 2.65 bits per heavy atom. The Kier molecular flexibility index (Phi) is 4.51. The van der Waals surface area contributed by atoms with Gasteiger partial charge >= 0.3 is 5.97 Å². The van der Waals surface area contributed by atoms with Crippen LogP contribution >= 0.6 is 11.8 Å². The third kappa shape index (κ3) is 3.45. The Labute approximate surface area is 102 Å². The Balaban J connectivity index is 2.86. The van der Waals surface area contributed by atoms with Crippen molar-refractivity contribution in [2.75, 3.05) is 6.26 Å². The van der Waals surface area contributed by atoms with Gasteiger partial charge in [0, 0.05) is 10.5 Å². The number of carboxylic acid groups (broad SMARTS) is 1. The fourth-order valence-electron chi connectivity index (χ4n) is 1.14. The molecule has 4 nitrogen and oxygen atoms in total. The second kappa shape index (κ2) is 5.67. The van der Waals surface area contributed by atoms with Crippen molar-refractivity contribution >= 4 is 23.6 Å². The van der Waals surface area contributed by atoms with Crippen molar-refractivity contribution in [2.24, 2.45) is 0 Å². The molecule has 0 bridgehead atoms. The molecule has 0 radical (unpaired) electrons. The summed E-state index contributed by atoms with van der Waals surface area (Å²) in [5.41, 5.74) is 0.240. The molecule has 0 saturated carbocycles. The molecule has 17 heavy (non-hydrogen) atoms. The van der Waals surface area contributed by atoms with Crippen LogP contribution in [0.1, 0.15) is 17.3 Å². The molecule has 6 heteroatoms. The van der Waals surface area contributed by atoms with E-state index in [4.69, 9.17) is 5.11 Å². The Bertz CT molecular complexity index is 450. The van der Waals surface area contributed by atoms with Gasteiger partial charge in [-0.3, -0.25) is 9.59 Å². The Hall–Kier alpha value is -1.56. The highest BCUT2D eigenvalue weighted by atomic mass is 32.2. The number of aliphatic carboxylic acids is 1. The minimum absolute atomic E-state index is 0.240. The van der Waals surface area contributed by atoms with Crippen molar-refractivity contribution in [3.05, 3.63) is 29.6 Å². The van der Waals surface area contributed by atoms with Gasteiger partial charge in [0.2, 0.25) is 0 Å². The van der Waals surface area contributed by atoms with Crippen LogP contribution in [0.5, 0.6) is 0 Å². The predicted octanol–water partition coefficient (Wildman–Crippen LogP) is 1.75. The highest BCUT2D eigenvalue weighted by molar-refractivity contribution is 7.98. The van der Waals surface area contributed by atoms with Crippen molar-refractivity contribution in [3.63, 3.8) is 0 Å². The molecule has 0 fully saturated rings. The van der Waals surface area contributed by atoms with Crippen LogP contribution in [0.15, 0.2) is 23.1 Å². The van der Waals surface area contributed by atoms with E-state index in [2.05, 4.69) is 5.32 Å². The van der Waals surface area contributed by atoms with Crippen LogP contribution in [0.3, 0.4) is 0 Å². The largest absolute Gasteiger partial charge is 0.480 e. The van der Waals surface area contributed by atoms with Crippen LogP contribution in [-0.4, -0.2) is 29.3 Å². The molecule has 1 unspecified atom stereocenters. The first-order valence-electron chi connectivity index (χ1n) is 4.83. The topological polar surface area (TPSA) is 66.4 Å². The zero-order valence-corrected chi connectivity index (χ0v) is 10.2. The molecule has 0 aromatic heterocycles. The first-order chi connectivity index (χ1) is 7.95. The highest BCUT2D eigenvalue weighted by Crippen LogP contribution is 2.20. The minimum atomic E-state index is -1.12. The average molecular weight is 257 g/mol. The number of nitrogens with one attached hydrogen (secondary N) is 1. The number of thioether (sulfide) groups is 1. The molecule has 1 rings (SSSR count). The predicted molar refractivity (Wildman–Crippen MR) is 62.7 cm³/mol. The van der Waals surface area contributed by atoms with E-state index in [1.807, 2.05) is 0 Å². The molecule has 0 spiro atoms. The van der Waals surface area contributed by atoms with Gasteiger partial charge < -0.3 is 10.4 Å². The van der Waals surface area contributed by atoms with Crippen molar-refractivity contribution in [3.8, 4) is 0 Å². The lowest BCUT2D eigenvalue weighted by molar-refractivity contribution is -0.138. The van der Waals surface area contributed by atoms with Crippen LogP contribution in [0, 0.1) is 5.82 Å². The molecule has 1 aromatic rings. The molecule has 0 aliphatic heterocycles. The summed E-state index contributed by atoms with van der Waals surface area (Å²) in [6.45, 7) is 1.36. The van der Waals surface area contributed by atoms with E-state index >= 15 is 0 Å². The summed E-state index contributed by atoms with van der Waals surface area (Å²) >= 11 is 1.18. The molecule has 0 heterocycles.